The van der Waals surface area contributed by atoms with Gasteiger partial charge in [-0.3, -0.25) is 0 Å². The number of rotatable bonds is 2. The molecule has 0 bridgehead atoms. The summed E-state index contributed by atoms with van der Waals surface area (Å²) in [6, 6.07) is 0. The largest absolute Gasteiger partial charge is 0.258 e. The van der Waals surface area contributed by atoms with E-state index in [1.807, 2.05) is 0 Å². The molecule has 1 aliphatic rings. The maximum absolute atomic E-state index is 11.7. The molecule has 13 heavy (non-hydrogen) atoms. The number of halogens is 2. The average Bonchev–Trinajstić information content (AvgIpc) is 2.08. The highest BCUT2D eigenvalue weighted by Gasteiger charge is 2.11. The minimum Gasteiger partial charge on any atom is -0.237 e. The van der Waals surface area contributed by atoms with E-state index in [4.69, 9.17) is 0 Å². The molecule has 0 radical (unpaired) electrons. The molecule has 0 aliphatic heterocycles. The van der Waals surface area contributed by atoms with Gasteiger partial charge in [0.2, 0.25) is 0 Å². The van der Waals surface area contributed by atoms with Gasteiger partial charge in [0.15, 0.2) is 0 Å². The van der Waals surface area contributed by atoms with Crippen molar-refractivity contribution in [3.63, 3.8) is 0 Å². The lowest BCUT2D eigenvalue weighted by atomic mass is 9.88. The van der Waals surface area contributed by atoms with Crippen molar-refractivity contribution in [3.8, 4) is 0 Å². The lowest BCUT2D eigenvalue weighted by Gasteiger charge is -2.17. The van der Waals surface area contributed by atoms with E-state index < -0.39 is 13.0 Å². The van der Waals surface area contributed by atoms with E-state index in [2.05, 4.69) is 17.8 Å². The van der Waals surface area contributed by atoms with E-state index in [1.165, 1.54) is 0 Å². The number of hydrogen-bond acceptors (Lipinski definition) is 1. The van der Waals surface area contributed by atoms with E-state index >= 15 is 0 Å². The van der Waals surface area contributed by atoms with Gasteiger partial charge in [-0.1, -0.05) is 6.92 Å². The Morgan fingerprint density at radius 3 is 2.62 bits per heavy atom. The van der Waals surface area contributed by atoms with Crippen molar-refractivity contribution >= 4 is 5.87 Å². The van der Waals surface area contributed by atoms with Crippen molar-refractivity contribution in [1.29, 1.82) is 0 Å². The fourth-order valence-corrected chi connectivity index (χ4v) is 1.45. The second-order valence-electron chi connectivity index (χ2n) is 3.63. The van der Waals surface area contributed by atoms with Crippen LogP contribution in [0.3, 0.4) is 0 Å². The van der Waals surface area contributed by atoms with Gasteiger partial charge in [0.25, 0.3) is 6.43 Å². The van der Waals surface area contributed by atoms with Gasteiger partial charge in [-0.05, 0) is 43.0 Å². The first-order valence-electron chi connectivity index (χ1n) is 4.74. The Kier molecular flexibility index (Phi) is 4.10. The molecule has 1 fully saturated rings. The topological polar surface area (TPSA) is 12.4 Å². The van der Waals surface area contributed by atoms with Crippen molar-refractivity contribution < 1.29 is 8.78 Å². The summed E-state index contributed by atoms with van der Waals surface area (Å²) in [7, 11) is 0. The molecule has 1 saturated carbocycles. The van der Waals surface area contributed by atoms with Crippen LogP contribution >= 0.6 is 0 Å². The zero-order valence-electron chi connectivity index (χ0n) is 7.89. The molecule has 0 atom stereocenters. The van der Waals surface area contributed by atoms with E-state index in [0.29, 0.717) is 0 Å². The number of nitrogens with zero attached hydrogens (tertiary/aromatic N) is 1. The van der Waals surface area contributed by atoms with Gasteiger partial charge in [0, 0.05) is 0 Å². The Labute approximate surface area is 77.6 Å². The first kappa shape index (κ1) is 10.4. The third kappa shape index (κ3) is 4.18. The minimum atomic E-state index is -2.34. The lowest BCUT2D eigenvalue weighted by Crippen LogP contribution is -2.04. The molecule has 0 N–H and O–H groups in total. The van der Waals surface area contributed by atoms with Crippen molar-refractivity contribution in [2.45, 2.75) is 39.0 Å². The molecule has 0 heterocycles. The minimum absolute atomic E-state index is 0.404. The quantitative estimate of drug-likeness (QED) is 0.589. The lowest BCUT2D eigenvalue weighted by molar-refractivity contribution is 0.159. The highest BCUT2D eigenvalue weighted by molar-refractivity contribution is 5.58. The molecule has 0 saturated heterocycles. The molecule has 3 heteroatoms. The predicted molar refractivity (Wildman–Crippen MR) is 49.5 cm³/mol. The fourth-order valence-electron chi connectivity index (χ4n) is 1.45. The van der Waals surface area contributed by atoms with Crippen LogP contribution in [-0.4, -0.2) is 18.8 Å². The van der Waals surface area contributed by atoms with E-state index in [9.17, 15) is 8.78 Å². The van der Waals surface area contributed by atoms with Crippen LogP contribution in [0.15, 0.2) is 10.6 Å². The summed E-state index contributed by atoms with van der Waals surface area (Å²) in [6.45, 7) is 1.81. The molecular weight excluding hydrogens is 172 g/mol. The Bertz CT molecular complexity index is 207. The van der Waals surface area contributed by atoms with Crippen LogP contribution in [0.2, 0.25) is 0 Å². The van der Waals surface area contributed by atoms with Crippen LogP contribution in [-0.2, 0) is 0 Å². The molecule has 1 aliphatic carbocycles. The molecule has 0 aromatic heterocycles. The van der Waals surface area contributed by atoms with Gasteiger partial charge < -0.3 is 0 Å². The van der Waals surface area contributed by atoms with E-state index in [1.54, 1.807) is 0 Å². The summed E-state index contributed by atoms with van der Waals surface area (Å²) in [5.74, 6) is 3.50. The van der Waals surface area contributed by atoms with Crippen molar-refractivity contribution in [2.75, 3.05) is 6.54 Å². The molecule has 1 nitrogen and oxygen atoms in total. The molecule has 0 amide bonds. The van der Waals surface area contributed by atoms with Gasteiger partial charge in [-0.15, -0.1) is 0 Å². The first-order valence-corrected chi connectivity index (χ1v) is 4.74. The van der Waals surface area contributed by atoms with E-state index in [0.717, 1.165) is 37.2 Å². The average molecular weight is 187 g/mol. The van der Waals surface area contributed by atoms with Gasteiger partial charge in [-0.2, -0.15) is 0 Å². The van der Waals surface area contributed by atoms with Gasteiger partial charge in [-0.25, -0.2) is 13.8 Å². The van der Waals surface area contributed by atoms with Crippen LogP contribution < -0.4 is 0 Å². The smallest absolute Gasteiger partial charge is 0.237 e. The van der Waals surface area contributed by atoms with Crippen molar-refractivity contribution in [2.24, 2.45) is 10.9 Å². The molecule has 0 unspecified atom stereocenters. The number of allylic oxidation sites excluding steroid dienone is 1. The zero-order valence-corrected chi connectivity index (χ0v) is 7.89. The number of alkyl halides is 2. The second kappa shape index (κ2) is 5.13. The Balaban J connectivity index is 2.38. The van der Waals surface area contributed by atoms with Crippen LogP contribution in [0.5, 0.6) is 0 Å². The standard InChI is InChI=1S/C10H15F2N/c1-8-2-4-9(5-3-8)6-13-7-10(11)12/h8,10H,2-5,7H2,1H3. The summed E-state index contributed by atoms with van der Waals surface area (Å²) in [4.78, 5) is 3.58. The second-order valence-corrected chi connectivity index (χ2v) is 3.63. The summed E-state index contributed by atoms with van der Waals surface area (Å²) in [5, 5.41) is 0. The Morgan fingerprint density at radius 2 is 2.08 bits per heavy atom. The van der Waals surface area contributed by atoms with Crippen LogP contribution in [0.4, 0.5) is 8.78 Å². The Hall–Kier alpha value is -0.690. The molecule has 0 aromatic rings. The summed E-state index contributed by atoms with van der Waals surface area (Å²) < 4.78 is 23.4. The maximum atomic E-state index is 11.7. The summed E-state index contributed by atoms with van der Waals surface area (Å²) in [6.07, 6.45) is 1.91. The normalized spacial score (nSPS) is 23.1. The third-order valence-corrected chi connectivity index (χ3v) is 2.34. The third-order valence-electron chi connectivity index (χ3n) is 2.34. The zero-order chi connectivity index (χ0) is 9.68. The first-order chi connectivity index (χ1) is 6.18. The highest BCUT2D eigenvalue weighted by atomic mass is 19.3. The molecule has 74 valence electrons. The van der Waals surface area contributed by atoms with Crippen LogP contribution in [0.1, 0.15) is 32.6 Å². The molecule has 0 spiro atoms. The molecular formula is C10H15F2N. The SMILES string of the molecule is CC1CCC(=C=NCC(F)F)CC1. The molecule has 0 aromatic carbocycles. The summed E-state index contributed by atoms with van der Waals surface area (Å²) in [5.41, 5.74) is 1.11. The number of aliphatic imine (C=N–C) groups is 1. The van der Waals surface area contributed by atoms with Crippen LogP contribution in [0, 0.1) is 5.92 Å². The highest BCUT2D eigenvalue weighted by Crippen LogP contribution is 2.25. The predicted octanol–water partition coefficient (Wildman–Crippen LogP) is 3.06. The fraction of sp³-hybridized carbons (Fsp3) is 0.800. The number of hydrogen-bond donors (Lipinski definition) is 0. The van der Waals surface area contributed by atoms with Gasteiger partial charge in [0.1, 0.15) is 6.54 Å². The maximum Gasteiger partial charge on any atom is 0.258 e. The molecule has 1 rings (SSSR count). The van der Waals surface area contributed by atoms with Crippen LogP contribution in [0.25, 0.3) is 0 Å². The van der Waals surface area contributed by atoms with E-state index in [-0.39, 0.29) is 0 Å². The van der Waals surface area contributed by atoms with Gasteiger partial charge in [0.05, 0.1) is 0 Å². The monoisotopic (exact) mass is 187 g/mol. The van der Waals surface area contributed by atoms with Crippen molar-refractivity contribution in [3.05, 3.63) is 5.57 Å². The summed E-state index contributed by atoms with van der Waals surface area (Å²) >= 11 is 0. The van der Waals surface area contributed by atoms with Crippen molar-refractivity contribution in [1.82, 2.24) is 0 Å². The van der Waals surface area contributed by atoms with Gasteiger partial charge >= 0.3 is 0 Å². The Morgan fingerprint density at radius 1 is 1.46 bits per heavy atom.